The number of rotatable bonds is 10. The number of para-hydroxylation sites is 1. The summed E-state index contributed by atoms with van der Waals surface area (Å²) >= 11 is 1.35. The zero-order valence-corrected chi connectivity index (χ0v) is 17.6. The molecule has 2 amide bonds. The Morgan fingerprint density at radius 3 is 2.50 bits per heavy atom. The summed E-state index contributed by atoms with van der Waals surface area (Å²) in [6.45, 7) is 2.54. The van der Waals surface area contributed by atoms with Crippen molar-refractivity contribution in [2.45, 2.75) is 32.6 Å². The van der Waals surface area contributed by atoms with Crippen molar-refractivity contribution in [2.24, 2.45) is 0 Å². The van der Waals surface area contributed by atoms with Gasteiger partial charge in [-0.05, 0) is 49.2 Å². The molecule has 2 aromatic carbocycles. The molecule has 0 spiro atoms. The monoisotopic (exact) mass is 424 g/mol. The normalized spacial score (nSPS) is 10.4. The van der Waals surface area contributed by atoms with E-state index in [-0.39, 0.29) is 11.8 Å². The molecule has 0 aliphatic rings. The number of hydrogen-bond acceptors (Lipinski definition) is 6. The summed E-state index contributed by atoms with van der Waals surface area (Å²) in [5, 5.41) is 15.0. The highest BCUT2D eigenvalue weighted by Crippen LogP contribution is 2.19. The molecule has 2 N–H and O–H groups in total. The van der Waals surface area contributed by atoms with Crippen molar-refractivity contribution >= 4 is 34.0 Å². The highest BCUT2D eigenvalue weighted by atomic mass is 32.1. The van der Waals surface area contributed by atoms with E-state index in [0.29, 0.717) is 29.4 Å². The van der Waals surface area contributed by atoms with Crippen LogP contribution in [0.1, 0.15) is 41.6 Å². The van der Waals surface area contributed by atoms with E-state index in [2.05, 4.69) is 20.8 Å². The van der Waals surface area contributed by atoms with Crippen molar-refractivity contribution in [3.8, 4) is 5.75 Å². The molecule has 7 nitrogen and oxygen atoms in total. The van der Waals surface area contributed by atoms with E-state index in [4.69, 9.17) is 4.74 Å². The van der Waals surface area contributed by atoms with E-state index >= 15 is 0 Å². The van der Waals surface area contributed by atoms with Crippen LogP contribution >= 0.6 is 11.3 Å². The average molecular weight is 425 g/mol. The SMILES string of the molecule is CCCC(=O)Nc1ccc(C(=O)Nc2nnc(CCCOc3ccccc3)s2)cc1. The summed E-state index contributed by atoms with van der Waals surface area (Å²) in [5.74, 6) is 0.542. The second-order valence-electron chi connectivity index (χ2n) is 6.60. The Kier molecular flexibility index (Phi) is 7.91. The van der Waals surface area contributed by atoms with Crippen LogP contribution in [0.25, 0.3) is 0 Å². The van der Waals surface area contributed by atoms with E-state index in [0.717, 1.165) is 30.0 Å². The predicted octanol–water partition coefficient (Wildman–Crippen LogP) is 4.54. The maximum Gasteiger partial charge on any atom is 0.257 e. The summed E-state index contributed by atoms with van der Waals surface area (Å²) < 4.78 is 5.66. The van der Waals surface area contributed by atoms with Crippen LogP contribution in [0.15, 0.2) is 54.6 Å². The predicted molar refractivity (Wildman–Crippen MR) is 118 cm³/mol. The maximum absolute atomic E-state index is 12.4. The van der Waals surface area contributed by atoms with Crippen LogP contribution in [-0.2, 0) is 11.2 Å². The molecule has 1 aromatic heterocycles. The summed E-state index contributed by atoms with van der Waals surface area (Å²) in [5.41, 5.74) is 1.15. The van der Waals surface area contributed by atoms with Gasteiger partial charge >= 0.3 is 0 Å². The molecule has 1 heterocycles. The van der Waals surface area contributed by atoms with Gasteiger partial charge in [-0.2, -0.15) is 0 Å². The molecule has 156 valence electrons. The molecular formula is C22H24N4O3S. The van der Waals surface area contributed by atoms with Crippen molar-refractivity contribution < 1.29 is 14.3 Å². The van der Waals surface area contributed by atoms with E-state index < -0.39 is 0 Å². The lowest BCUT2D eigenvalue weighted by Crippen LogP contribution is -2.13. The Morgan fingerprint density at radius 2 is 1.77 bits per heavy atom. The van der Waals surface area contributed by atoms with Crippen molar-refractivity contribution in [1.82, 2.24) is 10.2 Å². The van der Waals surface area contributed by atoms with Gasteiger partial charge in [0.05, 0.1) is 6.61 Å². The number of carbonyl (C=O) groups excluding carboxylic acids is 2. The highest BCUT2D eigenvalue weighted by Gasteiger charge is 2.11. The molecule has 0 radical (unpaired) electrons. The average Bonchev–Trinajstić information content (AvgIpc) is 3.20. The molecule has 8 heteroatoms. The third-order valence-electron chi connectivity index (χ3n) is 4.14. The third-order valence-corrected chi connectivity index (χ3v) is 5.04. The molecule has 0 aliphatic carbocycles. The quantitative estimate of drug-likeness (QED) is 0.466. The number of benzene rings is 2. The van der Waals surface area contributed by atoms with Crippen LogP contribution in [0.5, 0.6) is 5.75 Å². The van der Waals surface area contributed by atoms with Gasteiger partial charge in [0.25, 0.3) is 5.91 Å². The Balaban J connectivity index is 1.44. The van der Waals surface area contributed by atoms with Crippen molar-refractivity contribution in [1.29, 1.82) is 0 Å². The minimum atomic E-state index is -0.267. The molecule has 0 aliphatic heterocycles. The standard InChI is InChI=1S/C22H24N4O3S/c1-2-7-19(27)23-17-13-11-16(12-14-17)21(28)24-22-26-25-20(30-22)10-6-15-29-18-8-4-3-5-9-18/h3-5,8-9,11-14H,2,6-7,10,15H2,1H3,(H,23,27)(H,24,26,28). The topological polar surface area (TPSA) is 93.2 Å². The Morgan fingerprint density at radius 1 is 1.00 bits per heavy atom. The highest BCUT2D eigenvalue weighted by molar-refractivity contribution is 7.15. The molecule has 3 rings (SSSR count). The van der Waals surface area contributed by atoms with E-state index in [1.165, 1.54) is 11.3 Å². The molecule has 30 heavy (non-hydrogen) atoms. The molecule has 0 bridgehead atoms. The largest absolute Gasteiger partial charge is 0.494 e. The molecular weight excluding hydrogens is 400 g/mol. The number of aromatic nitrogens is 2. The van der Waals surface area contributed by atoms with Gasteiger partial charge in [0.1, 0.15) is 10.8 Å². The third kappa shape index (κ3) is 6.66. The van der Waals surface area contributed by atoms with Crippen LogP contribution in [0.4, 0.5) is 10.8 Å². The minimum absolute atomic E-state index is 0.0368. The number of carbonyl (C=O) groups is 2. The number of nitrogens with zero attached hydrogens (tertiary/aromatic N) is 2. The van der Waals surface area contributed by atoms with Crippen LogP contribution in [0.3, 0.4) is 0 Å². The van der Waals surface area contributed by atoms with Gasteiger partial charge in [-0.25, -0.2) is 0 Å². The molecule has 0 fully saturated rings. The number of anilines is 2. The second kappa shape index (κ2) is 11.1. The Bertz CT molecular complexity index is 958. The minimum Gasteiger partial charge on any atom is -0.494 e. The van der Waals surface area contributed by atoms with Gasteiger partial charge in [0.15, 0.2) is 0 Å². The summed E-state index contributed by atoms with van der Waals surface area (Å²) in [7, 11) is 0. The van der Waals surface area contributed by atoms with E-state index in [9.17, 15) is 9.59 Å². The van der Waals surface area contributed by atoms with Gasteiger partial charge in [0, 0.05) is 24.1 Å². The van der Waals surface area contributed by atoms with Crippen LogP contribution in [0.2, 0.25) is 0 Å². The van der Waals surface area contributed by atoms with Crippen molar-refractivity contribution in [3.63, 3.8) is 0 Å². The van der Waals surface area contributed by atoms with Crippen LogP contribution in [0, 0.1) is 0 Å². The zero-order chi connectivity index (χ0) is 21.2. The van der Waals surface area contributed by atoms with Gasteiger partial charge in [-0.15, -0.1) is 10.2 Å². The number of amides is 2. The number of hydrogen-bond donors (Lipinski definition) is 2. The van der Waals surface area contributed by atoms with Gasteiger partial charge < -0.3 is 10.1 Å². The van der Waals surface area contributed by atoms with Crippen LogP contribution < -0.4 is 15.4 Å². The molecule has 0 atom stereocenters. The first-order valence-corrected chi connectivity index (χ1v) is 10.7. The smallest absolute Gasteiger partial charge is 0.257 e. The number of aryl methyl sites for hydroxylation is 1. The molecule has 0 saturated carbocycles. The van der Waals surface area contributed by atoms with Gasteiger partial charge in [0.2, 0.25) is 11.0 Å². The van der Waals surface area contributed by atoms with E-state index in [1.807, 2.05) is 37.3 Å². The maximum atomic E-state index is 12.4. The van der Waals surface area contributed by atoms with Crippen molar-refractivity contribution in [2.75, 3.05) is 17.2 Å². The number of ether oxygens (including phenoxy) is 1. The first-order chi connectivity index (χ1) is 14.6. The first kappa shape index (κ1) is 21.4. The first-order valence-electron chi connectivity index (χ1n) is 9.85. The Labute approximate surface area is 179 Å². The lowest BCUT2D eigenvalue weighted by Gasteiger charge is -2.06. The Hall–Kier alpha value is -3.26. The molecule has 3 aromatic rings. The fourth-order valence-electron chi connectivity index (χ4n) is 2.66. The molecule has 0 unspecified atom stereocenters. The van der Waals surface area contributed by atoms with Crippen LogP contribution in [-0.4, -0.2) is 28.6 Å². The zero-order valence-electron chi connectivity index (χ0n) is 16.8. The fraction of sp³-hybridized carbons (Fsp3) is 0.273. The lowest BCUT2D eigenvalue weighted by atomic mass is 10.2. The lowest BCUT2D eigenvalue weighted by molar-refractivity contribution is -0.116. The van der Waals surface area contributed by atoms with Crippen molar-refractivity contribution in [3.05, 3.63) is 65.2 Å². The summed E-state index contributed by atoms with van der Waals surface area (Å²) in [4.78, 5) is 24.0. The summed E-state index contributed by atoms with van der Waals surface area (Å²) in [6.07, 6.45) is 2.80. The van der Waals surface area contributed by atoms with Gasteiger partial charge in [-0.3, -0.25) is 14.9 Å². The van der Waals surface area contributed by atoms with E-state index in [1.54, 1.807) is 24.3 Å². The summed E-state index contributed by atoms with van der Waals surface area (Å²) in [6, 6.07) is 16.4. The second-order valence-corrected chi connectivity index (χ2v) is 7.66. The molecule has 0 saturated heterocycles. The fourth-order valence-corrected chi connectivity index (χ4v) is 3.44. The van der Waals surface area contributed by atoms with Gasteiger partial charge in [-0.1, -0.05) is 36.5 Å². The number of nitrogens with one attached hydrogen (secondary N) is 2.